The fourth-order valence-electron chi connectivity index (χ4n) is 4.96. The molecule has 2 fully saturated rings. The maximum atomic E-state index is 13.7. The summed E-state index contributed by atoms with van der Waals surface area (Å²) < 4.78 is 16.1. The van der Waals surface area contributed by atoms with Gasteiger partial charge in [0.2, 0.25) is 5.91 Å². The summed E-state index contributed by atoms with van der Waals surface area (Å²) in [6.07, 6.45) is 0.324. The summed E-state index contributed by atoms with van der Waals surface area (Å²) in [6.45, 7) is 9.57. The Kier molecular flexibility index (Phi) is 10.7. The quantitative estimate of drug-likeness (QED) is 0.433. The highest BCUT2D eigenvalue weighted by molar-refractivity contribution is 5.96. The topological polar surface area (TPSA) is 140 Å². The summed E-state index contributed by atoms with van der Waals surface area (Å²) >= 11 is 0. The smallest absolute Gasteiger partial charge is 0.409 e. The average Bonchev–Trinajstić information content (AvgIpc) is 3.54. The molecular weight excluding hydrogens is 554 g/mol. The number of esters is 1. The normalized spacial score (nSPS) is 17.7. The van der Waals surface area contributed by atoms with Crippen LogP contribution in [0, 0.1) is 0 Å². The number of hydrogen-bond acceptors (Lipinski definition) is 9. The first kappa shape index (κ1) is 31.9. The van der Waals surface area contributed by atoms with Crippen molar-refractivity contribution in [1.29, 1.82) is 0 Å². The molecule has 0 spiro atoms. The summed E-state index contributed by atoms with van der Waals surface area (Å²) in [5.74, 6) is -0.933. The molecule has 12 nitrogen and oxygen atoms in total. The zero-order valence-electron chi connectivity index (χ0n) is 25.3. The van der Waals surface area contributed by atoms with Crippen LogP contribution in [0.3, 0.4) is 0 Å². The third kappa shape index (κ3) is 8.96. The van der Waals surface area contributed by atoms with Crippen LogP contribution in [-0.2, 0) is 23.8 Å². The first-order valence-electron chi connectivity index (χ1n) is 14.8. The van der Waals surface area contributed by atoms with E-state index in [-0.39, 0.29) is 50.1 Å². The molecule has 3 heterocycles. The van der Waals surface area contributed by atoms with E-state index in [4.69, 9.17) is 19.2 Å². The predicted octanol–water partition coefficient (Wildman–Crippen LogP) is 3.17. The van der Waals surface area contributed by atoms with Gasteiger partial charge in [-0.15, -0.1) is 0 Å². The van der Waals surface area contributed by atoms with Gasteiger partial charge in [-0.25, -0.2) is 14.8 Å². The van der Waals surface area contributed by atoms with Crippen molar-refractivity contribution < 1.29 is 33.4 Å². The zero-order chi connectivity index (χ0) is 31.0. The lowest BCUT2D eigenvalue weighted by molar-refractivity contribution is -0.155. The van der Waals surface area contributed by atoms with Crippen LogP contribution in [0.2, 0.25) is 0 Å². The fourth-order valence-corrected chi connectivity index (χ4v) is 4.96. The Morgan fingerprint density at radius 1 is 1.05 bits per heavy atom. The van der Waals surface area contributed by atoms with Crippen LogP contribution < -0.4 is 5.32 Å². The maximum absolute atomic E-state index is 13.7. The number of hydrogen-bond donors (Lipinski definition) is 1. The molecule has 1 aromatic heterocycles. The summed E-state index contributed by atoms with van der Waals surface area (Å²) in [4.78, 5) is 64.5. The van der Waals surface area contributed by atoms with Gasteiger partial charge in [-0.05, 0) is 46.6 Å². The molecular formula is C31H41N5O7. The van der Waals surface area contributed by atoms with Gasteiger partial charge >= 0.3 is 12.1 Å². The van der Waals surface area contributed by atoms with E-state index in [9.17, 15) is 19.2 Å². The highest BCUT2D eigenvalue weighted by atomic mass is 16.6. The van der Waals surface area contributed by atoms with Crippen molar-refractivity contribution in [3.63, 3.8) is 0 Å². The van der Waals surface area contributed by atoms with Crippen molar-refractivity contribution in [2.75, 3.05) is 46.0 Å². The van der Waals surface area contributed by atoms with Crippen LogP contribution >= 0.6 is 0 Å². The molecule has 232 valence electrons. The van der Waals surface area contributed by atoms with Gasteiger partial charge < -0.3 is 29.3 Å². The largest absolute Gasteiger partial charge is 0.460 e. The number of ether oxygens (including phenoxy) is 3. The molecule has 1 aromatic carbocycles. The van der Waals surface area contributed by atoms with E-state index < -0.39 is 29.6 Å². The van der Waals surface area contributed by atoms with Gasteiger partial charge in [-0.2, -0.15) is 0 Å². The molecule has 1 N–H and O–H groups in total. The second kappa shape index (κ2) is 14.4. The van der Waals surface area contributed by atoms with Gasteiger partial charge in [0, 0.05) is 50.7 Å². The molecule has 3 amide bonds. The molecule has 43 heavy (non-hydrogen) atoms. The van der Waals surface area contributed by atoms with Gasteiger partial charge in [0.1, 0.15) is 17.3 Å². The van der Waals surface area contributed by atoms with E-state index in [0.29, 0.717) is 37.8 Å². The summed E-state index contributed by atoms with van der Waals surface area (Å²) in [5, 5.41) is 2.83. The maximum Gasteiger partial charge on any atom is 0.409 e. The number of aromatic nitrogens is 2. The van der Waals surface area contributed by atoms with Crippen LogP contribution in [0.25, 0.3) is 11.4 Å². The molecule has 2 aliphatic rings. The monoisotopic (exact) mass is 595 g/mol. The average molecular weight is 596 g/mol. The molecule has 2 aliphatic heterocycles. The molecule has 12 heteroatoms. The lowest BCUT2D eigenvalue weighted by atomic mass is 10.0. The van der Waals surface area contributed by atoms with E-state index in [1.54, 1.807) is 43.6 Å². The van der Waals surface area contributed by atoms with E-state index in [1.807, 2.05) is 30.3 Å². The van der Waals surface area contributed by atoms with Gasteiger partial charge in [-0.3, -0.25) is 14.4 Å². The first-order valence-corrected chi connectivity index (χ1v) is 14.8. The predicted molar refractivity (Wildman–Crippen MR) is 157 cm³/mol. The molecule has 2 aromatic rings. The Bertz CT molecular complexity index is 1280. The zero-order valence-corrected chi connectivity index (χ0v) is 25.3. The minimum Gasteiger partial charge on any atom is -0.460 e. The molecule has 2 atom stereocenters. The van der Waals surface area contributed by atoms with E-state index in [1.165, 1.54) is 0 Å². The third-order valence-corrected chi connectivity index (χ3v) is 7.14. The van der Waals surface area contributed by atoms with Crippen molar-refractivity contribution in [1.82, 2.24) is 25.1 Å². The minimum atomic E-state index is -1.01. The fraction of sp³-hybridized carbons (Fsp3) is 0.548. The summed E-state index contributed by atoms with van der Waals surface area (Å²) in [6, 6.07) is 10.0. The Balaban J connectivity index is 1.55. The molecule has 0 bridgehead atoms. The number of benzene rings is 1. The van der Waals surface area contributed by atoms with Gasteiger partial charge in [0.25, 0.3) is 5.91 Å². The highest BCUT2D eigenvalue weighted by Crippen LogP contribution is 2.26. The SMILES string of the molecule is CCOC(=O)N1CCN(C(=O)C(CCC(=O)OC(C)(C)C)NC(=O)c2cc(C3CCOC3)nc(-c3ccccc3)n2)CC1. The van der Waals surface area contributed by atoms with Crippen LogP contribution in [0.4, 0.5) is 4.79 Å². The van der Waals surface area contributed by atoms with Crippen LogP contribution in [0.5, 0.6) is 0 Å². The van der Waals surface area contributed by atoms with E-state index in [2.05, 4.69) is 10.3 Å². The number of nitrogens with one attached hydrogen (secondary N) is 1. The lowest BCUT2D eigenvalue weighted by Gasteiger charge is -2.36. The summed E-state index contributed by atoms with van der Waals surface area (Å²) in [5.41, 5.74) is 0.897. The number of amides is 3. The van der Waals surface area contributed by atoms with Gasteiger partial charge in [0.05, 0.1) is 18.9 Å². The minimum absolute atomic E-state index is 0.0253. The molecule has 0 saturated carbocycles. The van der Waals surface area contributed by atoms with E-state index >= 15 is 0 Å². The standard InChI is InChI=1S/C31H41N5O7/c1-5-42-30(40)36-16-14-35(15-17-36)29(39)23(11-12-26(37)43-31(2,3)4)34-28(38)25-19-24(22-13-18-41-20-22)32-27(33-25)21-9-7-6-8-10-21/h6-10,19,22-23H,5,11-18,20H2,1-4H3,(H,34,38). The first-order chi connectivity index (χ1) is 20.5. The van der Waals surface area contributed by atoms with Crippen LogP contribution in [0.15, 0.2) is 36.4 Å². The number of rotatable bonds is 9. The Morgan fingerprint density at radius 2 is 1.74 bits per heavy atom. The lowest BCUT2D eigenvalue weighted by Crippen LogP contribution is -2.56. The number of carbonyl (C=O) groups is 4. The second-order valence-corrected chi connectivity index (χ2v) is 11.6. The third-order valence-electron chi connectivity index (χ3n) is 7.14. The molecule has 2 saturated heterocycles. The number of piperazine rings is 1. The molecule has 2 unspecified atom stereocenters. The summed E-state index contributed by atoms with van der Waals surface area (Å²) in [7, 11) is 0. The Morgan fingerprint density at radius 3 is 2.37 bits per heavy atom. The van der Waals surface area contributed by atoms with Gasteiger partial charge in [-0.1, -0.05) is 30.3 Å². The van der Waals surface area contributed by atoms with Crippen molar-refractivity contribution >= 4 is 23.9 Å². The molecule has 0 aliphatic carbocycles. The molecule has 0 radical (unpaired) electrons. The highest BCUT2D eigenvalue weighted by Gasteiger charge is 2.32. The van der Waals surface area contributed by atoms with Crippen molar-refractivity contribution in [2.45, 2.75) is 64.5 Å². The molecule has 4 rings (SSSR count). The number of nitrogens with zero attached hydrogens (tertiary/aromatic N) is 4. The van der Waals surface area contributed by atoms with Crippen molar-refractivity contribution in [2.24, 2.45) is 0 Å². The van der Waals surface area contributed by atoms with Crippen molar-refractivity contribution in [3.05, 3.63) is 47.8 Å². The van der Waals surface area contributed by atoms with Crippen LogP contribution in [0.1, 0.15) is 69.1 Å². The Labute approximate surface area is 252 Å². The van der Waals surface area contributed by atoms with Crippen molar-refractivity contribution in [3.8, 4) is 11.4 Å². The number of carbonyl (C=O) groups excluding carboxylic acids is 4. The van der Waals surface area contributed by atoms with Crippen LogP contribution in [-0.4, -0.2) is 101 Å². The van der Waals surface area contributed by atoms with E-state index in [0.717, 1.165) is 12.0 Å². The van der Waals surface area contributed by atoms with Gasteiger partial charge in [0.15, 0.2) is 5.82 Å². The second-order valence-electron chi connectivity index (χ2n) is 11.6. The Hall–Kier alpha value is -4.06.